The Kier molecular flexibility index (Phi) is 5.00. The van der Waals surface area contributed by atoms with Crippen molar-refractivity contribution in [2.75, 3.05) is 0 Å². The van der Waals surface area contributed by atoms with E-state index in [-0.39, 0.29) is 12.1 Å². The molecule has 2 aromatic carbocycles. The van der Waals surface area contributed by atoms with Crippen LogP contribution in [0, 0.1) is 5.82 Å². The third kappa shape index (κ3) is 4.29. The van der Waals surface area contributed by atoms with Crippen LogP contribution >= 0.6 is 0 Å². The molecule has 0 saturated carbocycles. The van der Waals surface area contributed by atoms with Crippen LogP contribution in [0.3, 0.4) is 0 Å². The maximum absolute atomic E-state index is 13.1. The van der Waals surface area contributed by atoms with Crippen molar-refractivity contribution in [2.45, 2.75) is 18.8 Å². The summed E-state index contributed by atoms with van der Waals surface area (Å²) in [5, 5.41) is 2.69. The Labute approximate surface area is 130 Å². The molecule has 1 amide bonds. The van der Waals surface area contributed by atoms with Gasteiger partial charge in [0.25, 0.3) is 0 Å². The first-order chi connectivity index (χ1) is 10.8. The number of carbonyl (C=O) groups excluding carboxylic acids is 1. The second-order valence-corrected chi connectivity index (χ2v) is 4.93. The Bertz CT molecular complexity index is 686. The van der Waals surface area contributed by atoms with Crippen molar-refractivity contribution >= 4 is 5.91 Å². The second-order valence-electron chi connectivity index (χ2n) is 4.93. The predicted octanol–water partition coefficient (Wildman–Crippen LogP) is 3.16. The number of alkyl halides is 3. The van der Waals surface area contributed by atoms with Crippen LogP contribution in [0.4, 0.5) is 17.6 Å². The molecule has 0 saturated heterocycles. The number of primary amides is 1. The van der Waals surface area contributed by atoms with Crippen LogP contribution in [0.25, 0.3) is 0 Å². The van der Waals surface area contributed by atoms with Gasteiger partial charge in [0.15, 0.2) is 0 Å². The van der Waals surface area contributed by atoms with Gasteiger partial charge in [-0.15, -0.1) is 0 Å². The summed E-state index contributed by atoms with van der Waals surface area (Å²) < 4.78 is 51.9. The van der Waals surface area contributed by atoms with Crippen LogP contribution in [0.1, 0.15) is 22.7 Å². The van der Waals surface area contributed by atoms with E-state index in [1.54, 1.807) is 30.3 Å². The van der Waals surface area contributed by atoms with Gasteiger partial charge in [-0.05, 0) is 23.3 Å². The highest BCUT2D eigenvalue weighted by Gasteiger charge is 2.34. The molecular weight excluding hydrogens is 312 g/mol. The Hall–Kier alpha value is -2.41. The smallest absolute Gasteiger partial charge is 0.368 e. The molecule has 0 aliphatic carbocycles. The largest absolute Gasteiger partial charge is 0.416 e. The van der Waals surface area contributed by atoms with E-state index in [1.807, 2.05) is 0 Å². The van der Waals surface area contributed by atoms with Crippen molar-refractivity contribution in [1.82, 2.24) is 5.32 Å². The van der Waals surface area contributed by atoms with E-state index in [1.165, 1.54) is 0 Å². The number of carbonyl (C=O) groups is 1. The number of hydrogen-bond acceptors (Lipinski definition) is 2. The van der Waals surface area contributed by atoms with Gasteiger partial charge in [-0.1, -0.05) is 36.4 Å². The zero-order valence-electron chi connectivity index (χ0n) is 11.9. The van der Waals surface area contributed by atoms with Crippen LogP contribution in [0.5, 0.6) is 0 Å². The lowest BCUT2D eigenvalue weighted by Gasteiger charge is -2.18. The highest BCUT2D eigenvalue weighted by atomic mass is 19.4. The average molecular weight is 326 g/mol. The number of nitrogens with one attached hydrogen (secondary N) is 1. The molecule has 0 heterocycles. The minimum absolute atomic E-state index is 0.166. The summed E-state index contributed by atoms with van der Waals surface area (Å²) in [6, 6.07) is 9.85. The summed E-state index contributed by atoms with van der Waals surface area (Å²) in [6.45, 7) is -0.280. The lowest BCUT2D eigenvalue weighted by molar-refractivity contribution is -0.138. The van der Waals surface area contributed by atoms with E-state index in [9.17, 15) is 22.4 Å². The van der Waals surface area contributed by atoms with Gasteiger partial charge in [0, 0.05) is 6.54 Å². The molecule has 0 aliphatic rings. The Morgan fingerprint density at radius 1 is 1.13 bits per heavy atom. The van der Waals surface area contributed by atoms with Crippen molar-refractivity contribution in [3.8, 4) is 0 Å². The van der Waals surface area contributed by atoms with Gasteiger partial charge in [-0.3, -0.25) is 10.1 Å². The van der Waals surface area contributed by atoms with Crippen LogP contribution in [0.2, 0.25) is 0 Å². The number of halogens is 4. The molecule has 1 atom stereocenters. The van der Waals surface area contributed by atoms with Crippen molar-refractivity contribution in [3.05, 3.63) is 71.0 Å². The molecule has 0 spiro atoms. The Balaban J connectivity index is 2.24. The summed E-state index contributed by atoms with van der Waals surface area (Å²) in [6.07, 6.45) is -4.69. The molecule has 3 nitrogen and oxygen atoms in total. The summed E-state index contributed by atoms with van der Waals surface area (Å²) in [5.74, 6) is -1.69. The van der Waals surface area contributed by atoms with Crippen LogP contribution < -0.4 is 11.1 Å². The first-order valence-electron chi connectivity index (χ1n) is 6.72. The molecule has 122 valence electrons. The standard InChI is InChI=1S/C16H14F4N2O/c17-12-7-6-11(13(8-12)16(18,19)20)9-22-14(15(21)23)10-4-2-1-3-5-10/h1-8,14,22H,9H2,(H2,21,23)/t14-/m1/s1. The first-order valence-corrected chi connectivity index (χ1v) is 6.72. The third-order valence-corrected chi connectivity index (χ3v) is 3.29. The zero-order valence-corrected chi connectivity index (χ0v) is 11.9. The molecule has 23 heavy (non-hydrogen) atoms. The van der Waals surface area contributed by atoms with Crippen LogP contribution in [-0.2, 0) is 17.5 Å². The fourth-order valence-electron chi connectivity index (χ4n) is 2.21. The number of amides is 1. The van der Waals surface area contributed by atoms with Gasteiger partial charge in [-0.2, -0.15) is 13.2 Å². The highest BCUT2D eigenvalue weighted by molar-refractivity contribution is 5.81. The molecule has 2 aromatic rings. The number of rotatable bonds is 5. The van der Waals surface area contributed by atoms with E-state index in [4.69, 9.17) is 5.73 Å². The van der Waals surface area contributed by atoms with Crippen LogP contribution in [0.15, 0.2) is 48.5 Å². The molecule has 0 unspecified atom stereocenters. The van der Waals surface area contributed by atoms with Gasteiger partial charge in [0.05, 0.1) is 5.56 Å². The van der Waals surface area contributed by atoms with Gasteiger partial charge in [0.2, 0.25) is 5.91 Å². The summed E-state index contributed by atoms with van der Waals surface area (Å²) in [5.41, 5.74) is 4.59. The normalized spacial score (nSPS) is 12.9. The predicted molar refractivity (Wildman–Crippen MR) is 76.6 cm³/mol. The number of nitrogens with two attached hydrogens (primary N) is 1. The monoisotopic (exact) mass is 326 g/mol. The fraction of sp³-hybridized carbons (Fsp3) is 0.188. The molecular formula is C16H14F4N2O. The lowest BCUT2D eigenvalue weighted by atomic mass is 10.0. The molecule has 0 aliphatic heterocycles. The summed E-state index contributed by atoms with van der Waals surface area (Å²) in [4.78, 5) is 11.5. The Morgan fingerprint density at radius 3 is 2.35 bits per heavy atom. The zero-order chi connectivity index (χ0) is 17.0. The minimum atomic E-state index is -4.69. The van der Waals surface area contributed by atoms with E-state index < -0.39 is 29.5 Å². The molecule has 0 fully saturated rings. The van der Waals surface area contributed by atoms with Crippen LogP contribution in [-0.4, -0.2) is 5.91 Å². The van der Waals surface area contributed by atoms with Crippen molar-refractivity contribution in [3.63, 3.8) is 0 Å². The lowest BCUT2D eigenvalue weighted by Crippen LogP contribution is -2.33. The molecule has 3 N–H and O–H groups in total. The summed E-state index contributed by atoms with van der Waals surface area (Å²) in [7, 11) is 0. The van der Waals surface area contributed by atoms with E-state index >= 15 is 0 Å². The van der Waals surface area contributed by atoms with Crippen molar-refractivity contribution < 1.29 is 22.4 Å². The van der Waals surface area contributed by atoms with Gasteiger partial charge in [0.1, 0.15) is 11.9 Å². The molecule has 0 bridgehead atoms. The number of benzene rings is 2. The second kappa shape index (κ2) is 6.78. The minimum Gasteiger partial charge on any atom is -0.368 e. The number of hydrogen-bond donors (Lipinski definition) is 2. The Morgan fingerprint density at radius 2 is 1.78 bits per heavy atom. The van der Waals surface area contributed by atoms with E-state index in [2.05, 4.69) is 5.32 Å². The fourth-order valence-corrected chi connectivity index (χ4v) is 2.21. The first kappa shape index (κ1) is 17.0. The van der Waals surface area contributed by atoms with Crippen molar-refractivity contribution in [1.29, 1.82) is 0 Å². The SMILES string of the molecule is NC(=O)[C@H](NCc1ccc(F)cc1C(F)(F)F)c1ccccc1. The third-order valence-electron chi connectivity index (χ3n) is 3.29. The van der Waals surface area contributed by atoms with Gasteiger partial charge >= 0.3 is 6.18 Å². The average Bonchev–Trinajstić information content (AvgIpc) is 2.48. The highest BCUT2D eigenvalue weighted by Crippen LogP contribution is 2.32. The quantitative estimate of drug-likeness (QED) is 0.829. The molecule has 7 heteroatoms. The molecule has 0 aromatic heterocycles. The molecule has 2 rings (SSSR count). The van der Waals surface area contributed by atoms with Gasteiger partial charge < -0.3 is 5.73 Å². The van der Waals surface area contributed by atoms with Crippen molar-refractivity contribution in [2.24, 2.45) is 5.73 Å². The van der Waals surface area contributed by atoms with E-state index in [0.29, 0.717) is 11.6 Å². The van der Waals surface area contributed by atoms with E-state index in [0.717, 1.165) is 12.1 Å². The molecule has 0 radical (unpaired) electrons. The topological polar surface area (TPSA) is 55.1 Å². The van der Waals surface area contributed by atoms with Gasteiger partial charge in [-0.25, -0.2) is 4.39 Å². The summed E-state index contributed by atoms with van der Waals surface area (Å²) >= 11 is 0. The maximum Gasteiger partial charge on any atom is 0.416 e. The maximum atomic E-state index is 13.1.